The first-order valence-electron chi connectivity index (χ1n) is 5.29. The van der Waals surface area contributed by atoms with Crippen molar-refractivity contribution in [1.82, 2.24) is 0 Å². The summed E-state index contributed by atoms with van der Waals surface area (Å²) in [6, 6.07) is 0. The zero-order chi connectivity index (χ0) is 12.0. The minimum atomic E-state index is -0.200. The van der Waals surface area contributed by atoms with Crippen molar-refractivity contribution >= 4 is 27.6 Å². The van der Waals surface area contributed by atoms with Crippen LogP contribution in [0.2, 0.25) is 0 Å². The van der Waals surface area contributed by atoms with Crippen molar-refractivity contribution in [2.75, 3.05) is 0 Å². The Balaban J connectivity index is 5.34. The van der Waals surface area contributed by atoms with E-state index >= 15 is 0 Å². The molecule has 0 heterocycles. The van der Waals surface area contributed by atoms with E-state index in [1.165, 1.54) is 0 Å². The molecule has 0 N–H and O–H groups in total. The predicted octanol–water partition coefficient (Wildman–Crippen LogP) is 0.543. The molecule has 15 heavy (non-hydrogen) atoms. The maximum atomic E-state index is 11.6. The van der Waals surface area contributed by atoms with Crippen molar-refractivity contribution in [3.05, 3.63) is 10.8 Å². The van der Waals surface area contributed by atoms with Gasteiger partial charge in [0.25, 0.3) is 0 Å². The number of hydrogen-bond donors (Lipinski definition) is 0. The summed E-state index contributed by atoms with van der Waals surface area (Å²) in [6.45, 7) is 5.15. The first-order valence-corrected chi connectivity index (χ1v) is 6.29. The number of rotatable bonds is 6. The highest BCUT2D eigenvalue weighted by atomic mass is 28.1. The molecule has 0 amide bonds. The fourth-order valence-electron chi connectivity index (χ4n) is 1.33. The number of carbonyl (C=O) groups is 3. The third-order valence-electron chi connectivity index (χ3n) is 2.31. The summed E-state index contributed by atoms with van der Waals surface area (Å²) in [5, 5.41) is 0.455. The molecule has 0 aliphatic rings. The second-order valence-electron chi connectivity index (χ2n) is 3.33. The Labute approximate surface area is 93.4 Å². The SMILES string of the molecule is CCC(=O)C([SiH3])=C(C(=O)CC)C(=O)CC. The monoisotopic (exact) mass is 226 g/mol. The largest absolute Gasteiger partial charge is 0.295 e. The molecule has 3 nitrogen and oxygen atoms in total. The Hall–Kier alpha value is -1.03. The standard InChI is InChI=1S/C11H18O3Si/c1-4-7(12)10(8(13)5-2)11(15)9(14)6-3/h4-6H2,1-3,15H3. The summed E-state index contributed by atoms with van der Waals surface area (Å²) in [7, 11) is 0.459. The molecule has 0 aliphatic carbocycles. The van der Waals surface area contributed by atoms with E-state index in [4.69, 9.17) is 0 Å². The normalized spacial score (nSPS) is 9.80. The zero-order valence-corrected chi connectivity index (χ0v) is 11.8. The van der Waals surface area contributed by atoms with Gasteiger partial charge in [-0.1, -0.05) is 20.8 Å². The first kappa shape index (κ1) is 14.0. The third kappa shape index (κ3) is 3.55. The van der Waals surface area contributed by atoms with Crippen molar-refractivity contribution in [2.45, 2.75) is 40.0 Å². The molecule has 0 unspecified atom stereocenters. The van der Waals surface area contributed by atoms with Crippen LogP contribution < -0.4 is 0 Å². The number of carbonyl (C=O) groups excluding carboxylic acids is 3. The van der Waals surface area contributed by atoms with E-state index in [9.17, 15) is 14.4 Å². The summed E-state index contributed by atoms with van der Waals surface area (Å²) in [4.78, 5) is 34.6. The van der Waals surface area contributed by atoms with E-state index < -0.39 is 0 Å². The summed E-state index contributed by atoms with van der Waals surface area (Å²) >= 11 is 0. The van der Waals surface area contributed by atoms with Crippen LogP contribution in [0.3, 0.4) is 0 Å². The Morgan fingerprint density at radius 2 is 1.13 bits per heavy atom. The molecular weight excluding hydrogens is 208 g/mol. The van der Waals surface area contributed by atoms with Gasteiger partial charge in [-0.3, -0.25) is 14.4 Å². The van der Waals surface area contributed by atoms with E-state index in [1.807, 2.05) is 0 Å². The van der Waals surface area contributed by atoms with Crippen LogP contribution in [0.5, 0.6) is 0 Å². The lowest BCUT2D eigenvalue weighted by Gasteiger charge is -2.07. The van der Waals surface area contributed by atoms with Crippen LogP contribution >= 0.6 is 0 Å². The van der Waals surface area contributed by atoms with Gasteiger partial charge in [0.2, 0.25) is 0 Å². The van der Waals surface area contributed by atoms with Gasteiger partial charge in [-0.05, 0) is 5.20 Å². The Kier molecular flexibility index (Phi) is 6.01. The topological polar surface area (TPSA) is 51.2 Å². The molecule has 0 saturated heterocycles. The second-order valence-corrected chi connectivity index (χ2v) is 4.33. The summed E-state index contributed by atoms with van der Waals surface area (Å²) in [5.41, 5.74) is 0.165. The maximum Gasteiger partial charge on any atom is 0.166 e. The molecule has 0 aromatic heterocycles. The zero-order valence-electron chi connectivity index (χ0n) is 9.85. The van der Waals surface area contributed by atoms with Crippen LogP contribution in [0, 0.1) is 0 Å². The number of allylic oxidation sites excluding steroid dienone is 2. The first-order chi connectivity index (χ1) is 6.99. The van der Waals surface area contributed by atoms with Crippen LogP contribution in [0.4, 0.5) is 0 Å². The smallest absolute Gasteiger partial charge is 0.166 e. The van der Waals surface area contributed by atoms with Crippen molar-refractivity contribution in [3.63, 3.8) is 0 Å². The number of hydrogen-bond acceptors (Lipinski definition) is 3. The van der Waals surface area contributed by atoms with Gasteiger partial charge in [0, 0.05) is 29.5 Å². The van der Waals surface area contributed by atoms with Crippen LogP contribution in [0.25, 0.3) is 0 Å². The van der Waals surface area contributed by atoms with E-state index in [2.05, 4.69) is 0 Å². The van der Waals surface area contributed by atoms with Gasteiger partial charge in [0.1, 0.15) is 0 Å². The molecule has 0 aromatic carbocycles. The summed E-state index contributed by atoms with van der Waals surface area (Å²) in [6.07, 6.45) is 0.921. The third-order valence-corrected chi connectivity index (χ3v) is 3.37. The van der Waals surface area contributed by atoms with Crippen molar-refractivity contribution in [2.24, 2.45) is 0 Å². The van der Waals surface area contributed by atoms with Gasteiger partial charge in [0.15, 0.2) is 17.3 Å². The molecule has 0 atom stereocenters. The fourth-order valence-corrected chi connectivity index (χ4v) is 2.24. The Morgan fingerprint density at radius 3 is 1.40 bits per heavy atom. The molecule has 0 saturated carbocycles. The van der Waals surface area contributed by atoms with Gasteiger partial charge in [-0.15, -0.1) is 0 Å². The lowest BCUT2D eigenvalue weighted by atomic mass is 10.0. The molecule has 0 bridgehead atoms. The molecule has 4 heteroatoms. The van der Waals surface area contributed by atoms with Crippen LogP contribution in [0.1, 0.15) is 40.0 Å². The highest BCUT2D eigenvalue weighted by Crippen LogP contribution is 2.11. The quantitative estimate of drug-likeness (QED) is 0.287. The van der Waals surface area contributed by atoms with E-state index in [0.29, 0.717) is 21.9 Å². The van der Waals surface area contributed by atoms with Crippen molar-refractivity contribution in [3.8, 4) is 0 Å². The van der Waals surface area contributed by atoms with Gasteiger partial charge < -0.3 is 0 Å². The second kappa shape index (κ2) is 6.45. The van der Waals surface area contributed by atoms with Crippen LogP contribution in [0.15, 0.2) is 10.8 Å². The molecular formula is C11H18O3Si. The van der Waals surface area contributed by atoms with Gasteiger partial charge in [-0.2, -0.15) is 0 Å². The number of Topliss-reactive ketones (excluding diaryl/α,β-unsaturated/α-hetero) is 3. The molecule has 0 aromatic rings. The number of ketones is 3. The van der Waals surface area contributed by atoms with Gasteiger partial charge >= 0.3 is 0 Å². The van der Waals surface area contributed by atoms with Crippen LogP contribution in [-0.4, -0.2) is 27.6 Å². The van der Waals surface area contributed by atoms with Gasteiger partial charge in [-0.25, -0.2) is 0 Å². The van der Waals surface area contributed by atoms with E-state index in [1.54, 1.807) is 20.8 Å². The summed E-state index contributed by atoms with van der Waals surface area (Å²) in [5.74, 6) is -0.470. The maximum absolute atomic E-state index is 11.6. The van der Waals surface area contributed by atoms with Crippen molar-refractivity contribution < 1.29 is 14.4 Å². The lowest BCUT2D eigenvalue weighted by molar-refractivity contribution is -0.122. The highest BCUT2D eigenvalue weighted by molar-refractivity contribution is 6.43. The van der Waals surface area contributed by atoms with E-state index in [0.717, 1.165) is 0 Å². The average molecular weight is 226 g/mol. The fraction of sp³-hybridized carbons (Fsp3) is 0.545. The minimum Gasteiger partial charge on any atom is -0.295 e. The average Bonchev–Trinajstić information content (AvgIpc) is 2.27. The van der Waals surface area contributed by atoms with E-state index in [-0.39, 0.29) is 35.8 Å². The summed E-state index contributed by atoms with van der Waals surface area (Å²) < 4.78 is 0. The minimum absolute atomic E-state index is 0.0692. The molecule has 84 valence electrons. The van der Waals surface area contributed by atoms with Gasteiger partial charge in [0.05, 0.1) is 5.57 Å². The Morgan fingerprint density at radius 1 is 0.800 bits per heavy atom. The van der Waals surface area contributed by atoms with Crippen LogP contribution in [-0.2, 0) is 14.4 Å². The Bertz CT molecular complexity index is 298. The lowest BCUT2D eigenvalue weighted by Crippen LogP contribution is -2.18. The molecule has 0 aliphatic heterocycles. The van der Waals surface area contributed by atoms with Crippen molar-refractivity contribution in [1.29, 1.82) is 0 Å². The predicted molar refractivity (Wildman–Crippen MR) is 62.9 cm³/mol. The highest BCUT2D eigenvalue weighted by Gasteiger charge is 2.20. The molecule has 0 fully saturated rings. The molecule has 0 radical (unpaired) electrons. The molecule has 0 spiro atoms. The molecule has 0 rings (SSSR count).